The average molecular weight is 322 g/mol. The predicted octanol–water partition coefficient (Wildman–Crippen LogP) is 4.38. The number of anilines is 1. The first kappa shape index (κ1) is 15.1. The van der Waals surface area contributed by atoms with E-state index in [0.717, 1.165) is 29.0 Å². The second kappa shape index (κ2) is 5.00. The molecular weight excluding hydrogens is 300 g/mol. The number of carbonyl (C=O) groups excluding carboxylic acids is 1. The van der Waals surface area contributed by atoms with Crippen molar-refractivity contribution in [3.63, 3.8) is 0 Å². The van der Waals surface area contributed by atoms with Gasteiger partial charge in [0.05, 0.1) is 6.04 Å². The molecule has 1 fully saturated rings. The molecule has 24 heavy (non-hydrogen) atoms. The maximum atomic E-state index is 12.8. The van der Waals surface area contributed by atoms with Crippen LogP contribution >= 0.6 is 0 Å². The normalized spacial score (nSPS) is 24.9. The summed E-state index contributed by atoms with van der Waals surface area (Å²) in [5, 5.41) is 3.15. The van der Waals surface area contributed by atoms with E-state index in [4.69, 9.17) is 4.74 Å². The van der Waals surface area contributed by atoms with E-state index in [1.165, 1.54) is 11.1 Å². The number of carbonyl (C=O) groups is 1. The van der Waals surface area contributed by atoms with Gasteiger partial charge < -0.3 is 10.1 Å². The lowest BCUT2D eigenvalue weighted by molar-refractivity contribution is 0.0378. The van der Waals surface area contributed by atoms with Gasteiger partial charge in [-0.1, -0.05) is 23.8 Å². The van der Waals surface area contributed by atoms with E-state index >= 15 is 0 Å². The molecule has 2 aliphatic rings. The molecular formula is C20H22N2O2. The zero-order valence-corrected chi connectivity index (χ0v) is 14.5. The van der Waals surface area contributed by atoms with Crippen LogP contribution in [0.4, 0.5) is 10.5 Å². The zero-order valence-electron chi connectivity index (χ0n) is 14.5. The molecule has 2 bridgehead atoms. The third kappa shape index (κ3) is 2.17. The number of nitrogens with one attached hydrogen (secondary N) is 1. The number of urea groups is 1. The van der Waals surface area contributed by atoms with Gasteiger partial charge in [0.25, 0.3) is 0 Å². The summed E-state index contributed by atoms with van der Waals surface area (Å²) >= 11 is 0. The number of aryl methyl sites for hydroxylation is 3. The maximum absolute atomic E-state index is 12.8. The molecule has 4 nitrogen and oxygen atoms in total. The quantitative estimate of drug-likeness (QED) is 0.846. The number of rotatable bonds is 1. The first-order valence-corrected chi connectivity index (χ1v) is 8.35. The Labute approximate surface area is 142 Å². The summed E-state index contributed by atoms with van der Waals surface area (Å²) in [5.74, 6) is 0.855. The summed E-state index contributed by atoms with van der Waals surface area (Å²) in [6.45, 7) is 8.19. The van der Waals surface area contributed by atoms with Crippen molar-refractivity contribution in [3.05, 3.63) is 58.7 Å². The van der Waals surface area contributed by atoms with Gasteiger partial charge in [0.15, 0.2) is 5.72 Å². The molecule has 2 heterocycles. The molecule has 0 radical (unpaired) electrons. The Morgan fingerprint density at radius 1 is 1.12 bits per heavy atom. The van der Waals surface area contributed by atoms with Crippen LogP contribution < -0.4 is 15.0 Å². The van der Waals surface area contributed by atoms with Crippen LogP contribution in [0, 0.1) is 20.8 Å². The number of nitrogens with zero attached hydrogens (tertiary/aromatic N) is 1. The van der Waals surface area contributed by atoms with E-state index in [2.05, 4.69) is 38.2 Å². The average Bonchev–Trinajstić information content (AvgIpc) is 2.51. The smallest absolute Gasteiger partial charge is 0.325 e. The Morgan fingerprint density at radius 3 is 2.67 bits per heavy atom. The van der Waals surface area contributed by atoms with Crippen molar-refractivity contribution in [2.24, 2.45) is 0 Å². The van der Waals surface area contributed by atoms with Crippen LogP contribution in [0.25, 0.3) is 0 Å². The third-order valence-corrected chi connectivity index (χ3v) is 5.18. The van der Waals surface area contributed by atoms with Gasteiger partial charge in [-0.05, 0) is 57.0 Å². The Balaban J connectivity index is 1.80. The van der Waals surface area contributed by atoms with Crippen molar-refractivity contribution in [1.29, 1.82) is 0 Å². The van der Waals surface area contributed by atoms with Crippen molar-refractivity contribution < 1.29 is 9.53 Å². The Kier molecular flexibility index (Phi) is 3.14. The van der Waals surface area contributed by atoms with Crippen LogP contribution in [0.5, 0.6) is 5.75 Å². The van der Waals surface area contributed by atoms with Gasteiger partial charge in [-0.3, -0.25) is 4.90 Å². The molecule has 0 unspecified atom stereocenters. The van der Waals surface area contributed by atoms with E-state index in [0.29, 0.717) is 0 Å². The molecule has 2 aromatic carbocycles. The second-order valence-corrected chi connectivity index (χ2v) is 7.13. The summed E-state index contributed by atoms with van der Waals surface area (Å²) in [5.41, 5.74) is 4.80. The lowest BCUT2D eigenvalue weighted by Crippen LogP contribution is -2.65. The second-order valence-electron chi connectivity index (χ2n) is 7.13. The van der Waals surface area contributed by atoms with Crippen LogP contribution in [-0.2, 0) is 0 Å². The van der Waals surface area contributed by atoms with Crippen LogP contribution in [0.2, 0.25) is 0 Å². The van der Waals surface area contributed by atoms with Gasteiger partial charge in [-0.2, -0.15) is 0 Å². The van der Waals surface area contributed by atoms with E-state index in [-0.39, 0.29) is 12.1 Å². The summed E-state index contributed by atoms with van der Waals surface area (Å²) < 4.78 is 6.32. The molecule has 2 amide bonds. The monoisotopic (exact) mass is 322 g/mol. The number of fused-ring (bicyclic) bond motifs is 4. The number of amides is 2. The minimum atomic E-state index is -0.684. The number of benzene rings is 2. The van der Waals surface area contributed by atoms with E-state index < -0.39 is 5.72 Å². The Bertz CT molecular complexity index is 846. The number of hydrogen-bond acceptors (Lipinski definition) is 2. The molecule has 4 rings (SSSR count). The fourth-order valence-electron chi connectivity index (χ4n) is 3.75. The van der Waals surface area contributed by atoms with Crippen LogP contribution in [-0.4, -0.2) is 11.8 Å². The molecule has 2 aliphatic heterocycles. The van der Waals surface area contributed by atoms with E-state index in [1.54, 1.807) is 4.90 Å². The van der Waals surface area contributed by atoms with Gasteiger partial charge in [0, 0.05) is 17.7 Å². The van der Waals surface area contributed by atoms with Crippen molar-refractivity contribution in [3.8, 4) is 5.75 Å². The zero-order chi connectivity index (χ0) is 17.1. The maximum Gasteiger partial charge on any atom is 0.325 e. The predicted molar refractivity (Wildman–Crippen MR) is 94.5 cm³/mol. The van der Waals surface area contributed by atoms with Gasteiger partial charge in [0.2, 0.25) is 0 Å². The largest absolute Gasteiger partial charge is 0.467 e. The Morgan fingerprint density at radius 2 is 1.92 bits per heavy atom. The van der Waals surface area contributed by atoms with E-state index in [9.17, 15) is 4.79 Å². The SMILES string of the molecule is Cc1ccc2c(c1)[C@H]1C[C@](C)(O2)N(c2ccc(C)c(C)c2)C(=O)N1. The van der Waals surface area contributed by atoms with Crippen molar-refractivity contribution >= 4 is 11.7 Å². The third-order valence-electron chi connectivity index (χ3n) is 5.18. The Hall–Kier alpha value is -2.49. The number of ether oxygens (including phenoxy) is 1. The molecule has 0 saturated carbocycles. The molecule has 2 atom stereocenters. The van der Waals surface area contributed by atoms with Gasteiger partial charge in [-0.25, -0.2) is 4.79 Å². The van der Waals surface area contributed by atoms with E-state index in [1.807, 2.05) is 31.2 Å². The summed E-state index contributed by atoms with van der Waals surface area (Å²) in [6, 6.07) is 12.1. The molecule has 4 heteroatoms. The molecule has 1 saturated heterocycles. The summed E-state index contributed by atoms with van der Waals surface area (Å²) in [7, 11) is 0. The van der Waals surface area contributed by atoms with Crippen LogP contribution in [0.15, 0.2) is 36.4 Å². The number of hydrogen-bond donors (Lipinski definition) is 1. The van der Waals surface area contributed by atoms with Crippen LogP contribution in [0.3, 0.4) is 0 Å². The van der Waals surface area contributed by atoms with Crippen molar-refractivity contribution in [2.45, 2.75) is 45.9 Å². The molecule has 1 N–H and O–H groups in total. The minimum Gasteiger partial charge on any atom is -0.467 e. The highest BCUT2D eigenvalue weighted by atomic mass is 16.5. The van der Waals surface area contributed by atoms with Crippen molar-refractivity contribution in [2.75, 3.05) is 4.90 Å². The first-order chi connectivity index (χ1) is 11.4. The fraction of sp³-hybridized carbons (Fsp3) is 0.350. The topological polar surface area (TPSA) is 41.6 Å². The molecule has 124 valence electrons. The highest BCUT2D eigenvalue weighted by Gasteiger charge is 2.49. The van der Waals surface area contributed by atoms with Gasteiger partial charge in [0.1, 0.15) is 5.75 Å². The highest BCUT2D eigenvalue weighted by Crippen LogP contribution is 2.45. The fourth-order valence-corrected chi connectivity index (χ4v) is 3.75. The van der Waals surface area contributed by atoms with Crippen molar-refractivity contribution in [1.82, 2.24) is 5.32 Å². The molecule has 0 spiro atoms. The molecule has 0 aromatic heterocycles. The first-order valence-electron chi connectivity index (χ1n) is 8.35. The summed E-state index contributed by atoms with van der Waals surface area (Å²) in [4.78, 5) is 14.6. The molecule has 2 aromatic rings. The minimum absolute atomic E-state index is 0.00561. The summed E-state index contributed by atoms with van der Waals surface area (Å²) in [6.07, 6.45) is 0.724. The highest BCUT2D eigenvalue weighted by molar-refractivity contribution is 5.95. The molecule has 0 aliphatic carbocycles. The van der Waals surface area contributed by atoms with Gasteiger partial charge >= 0.3 is 6.03 Å². The lowest BCUT2D eigenvalue weighted by atomic mass is 9.89. The van der Waals surface area contributed by atoms with Gasteiger partial charge in [-0.15, -0.1) is 0 Å². The standard InChI is InChI=1S/C20H22N2O2/c1-12-5-8-18-16(9-12)17-11-20(4,24-18)22(19(23)21-17)15-7-6-13(2)14(3)10-15/h5-10,17H,11H2,1-4H3,(H,21,23)/t17-,20+/m1/s1. The van der Waals surface area contributed by atoms with Crippen LogP contribution in [0.1, 0.15) is 41.6 Å². The lowest BCUT2D eigenvalue weighted by Gasteiger charge is -2.50.